The first-order chi connectivity index (χ1) is 11.1. The Bertz CT molecular complexity index is 559. The van der Waals surface area contributed by atoms with Gasteiger partial charge in [-0.1, -0.05) is 18.2 Å². The van der Waals surface area contributed by atoms with Gasteiger partial charge in [-0.25, -0.2) is 4.79 Å². The molecule has 1 saturated heterocycles. The van der Waals surface area contributed by atoms with Crippen molar-refractivity contribution in [1.82, 2.24) is 10.2 Å². The normalized spacial score (nSPS) is 21.8. The third-order valence-corrected chi connectivity index (χ3v) is 4.71. The van der Waals surface area contributed by atoms with E-state index in [0.29, 0.717) is 32.7 Å². The molecule has 3 rings (SSSR count). The van der Waals surface area contributed by atoms with Gasteiger partial charge in [-0.2, -0.15) is 0 Å². The number of carbonyl (C=O) groups excluding carboxylic acids is 1. The van der Waals surface area contributed by atoms with Crippen molar-refractivity contribution in [2.75, 3.05) is 19.8 Å². The van der Waals surface area contributed by atoms with E-state index in [1.54, 1.807) is 11.8 Å². The van der Waals surface area contributed by atoms with E-state index in [1.807, 2.05) is 0 Å². The van der Waals surface area contributed by atoms with Gasteiger partial charge in [0.1, 0.15) is 0 Å². The minimum absolute atomic E-state index is 0.0521. The van der Waals surface area contributed by atoms with Gasteiger partial charge in [0.25, 0.3) is 0 Å². The zero-order chi connectivity index (χ0) is 16.2. The van der Waals surface area contributed by atoms with Crippen LogP contribution in [0.25, 0.3) is 0 Å². The summed E-state index contributed by atoms with van der Waals surface area (Å²) in [5, 5.41) is 12.6. The quantitative estimate of drug-likeness (QED) is 0.891. The minimum Gasteiger partial charge on any atom is -0.393 e. The Labute approximate surface area is 137 Å². The molecule has 2 amide bonds. The van der Waals surface area contributed by atoms with Gasteiger partial charge in [0.15, 0.2) is 0 Å². The smallest absolute Gasteiger partial charge is 0.318 e. The Kier molecular flexibility index (Phi) is 5.18. The van der Waals surface area contributed by atoms with E-state index in [-0.39, 0.29) is 12.1 Å². The maximum Gasteiger partial charge on any atom is 0.318 e. The molecule has 1 aromatic rings. The zero-order valence-corrected chi connectivity index (χ0v) is 13.8. The van der Waals surface area contributed by atoms with Crippen LogP contribution >= 0.6 is 0 Å². The number of fused-ring (bicyclic) bond motifs is 1. The van der Waals surface area contributed by atoms with E-state index in [2.05, 4.69) is 23.5 Å². The molecule has 0 bridgehead atoms. The second-order valence-corrected chi connectivity index (χ2v) is 6.62. The Morgan fingerprint density at radius 3 is 3.09 bits per heavy atom. The monoisotopic (exact) mass is 318 g/mol. The fourth-order valence-electron chi connectivity index (χ4n) is 3.53. The molecule has 126 valence electrons. The standard InChI is InChI=1S/C18H26N2O3/c1-13(21)9-17-12-23-8-7-20(17)18(22)19-11-14-5-6-15-3-2-4-16(15)10-14/h5-6,10,13,17,21H,2-4,7-9,11-12H2,1H3,(H,19,22)/t13-,17+/m0/s1. The van der Waals surface area contributed by atoms with Gasteiger partial charge in [-0.05, 0) is 49.3 Å². The topological polar surface area (TPSA) is 61.8 Å². The molecule has 1 aromatic carbocycles. The number of ether oxygens (including phenoxy) is 1. The fraction of sp³-hybridized carbons (Fsp3) is 0.611. The molecule has 1 aliphatic carbocycles. The van der Waals surface area contributed by atoms with Crippen molar-refractivity contribution < 1.29 is 14.6 Å². The van der Waals surface area contributed by atoms with Crippen LogP contribution in [0, 0.1) is 0 Å². The number of aliphatic hydroxyl groups is 1. The highest BCUT2D eigenvalue weighted by Gasteiger charge is 2.28. The van der Waals surface area contributed by atoms with Crippen LogP contribution in [0.3, 0.4) is 0 Å². The SMILES string of the molecule is C[C@H](O)C[C@@H]1COCCN1C(=O)NCc1ccc2c(c1)CCC2. The highest BCUT2D eigenvalue weighted by atomic mass is 16.5. The summed E-state index contributed by atoms with van der Waals surface area (Å²) in [5.41, 5.74) is 4.03. The summed E-state index contributed by atoms with van der Waals surface area (Å²) >= 11 is 0. The van der Waals surface area contributed by atoms with Crippen LogP contribution in [0.1, 0.15) is 36.5 Å². The van der Waals surface area contributed by atoms with Crippen LogP contribution in [0.15, 0.2) is 18.2 Å². The lowest BCUT2D eigenvalue weighted by atomic mass is 10.1. The third kappa shape index (κ3) is 4.03. The molecule has 0 aromatic heterocycles. The maximum atomic E-state index is 12.5. The summed E-state index contributed by atoms with van der Waals surface area (Å²) in [6, 6.07) is 6.39. The summed E-state index contributed by atoms with van der Waals surface area (Å²) in [7, 11) is 0. The number of nitrogens with one attached hydrogen (secondary N) is 1. The molecule has 2 atom stereocenters. The second kappa shape index (κ2) is 7.32. The van der Waals surface area contributed by atoms with Crippen molar-refractivity contribution in [3.05, 3.63) is 34.9 Å². The molecule has 1 aliphatic heterocycles. The summed E-state index contributed by atoms with van der Waals surface area (Å²) in [6.07, 6.45) is 3.67. The number of carbonyl (C=O) groups is 1. The Morgan fingerprint density at radius 1 is 1.43 bits per heavy atom. The predicted molar refractivity (Wildman–Crippen MR) is 88.3 cm³/mol. The molecule has 1 heterocycles. The molecule has 0 radical (unpaired) electrons. The van der Waals surface area contributed by atoms with E-state index in [9.17, 15) is 9.90 Å². The van der Waals surface area contributed by atoms with Crippen molar-refractivity contribution in [2.45, 2.75) is 51.3 Å². The van der Waals surface area contributed by atoms with Crippen LogP contribution in [-0.2, 0) is 24.1 Å². The predicted octanol–water partition coefficient (Wildman–Crippen LogP) is 1.86. The molecule has 0 spiro atoms. The Morgan fingerprint density at radius 2 is 2.26 bits per heavy atom. The minimum atomic E-state index is -0.436. The summed E-state index contributed by atoms with van der Waals surface area (Å²) in [6.45, 7) is 3.92. The lowest BCUT2D eigenvalue weighted by Crippen LogP contribution is -2.53. The average Bonchev–Trinajstić information content (AvgIpc) is 3.00. The summed E-state index contributed by atoms with van der Waals surface area (Å²) < 4.78 is 5.44. The van der Waals surface area contributed by atoms with E-state index in [0.717, 1.165) is 12.0 Å². The van der Waals surface area contributed by atoms with Gasteiger partial charge in [-0.3, -0.25) is 0 Å². The van der Waals surface area contributed by atoms with Gasteiger partial charge >= 0.3 is 6.03 Å². The third-order valence-electron chi connectivity index (χ3n) is 4.71. The number of hydrogen-bond acceptors (Lipinski definition) is 3. The number of benzene rings is 1. The van der Waals surface area contributed by atoms with Crippen molar-refractivity contribution >= 4 is 6.03 Å². The molecule has 2 aliphatic rings. The Balaban J connectivity index is 1.57. The number of amides is 2. The second-order valence-electron chi connectivity index (χ2n) is 6.62. The molecule has 5 heteroatoms. The van der Waals surface area contributed by atoms with Crippen molar-refractivity contribution in [2.24, 2.45) is 0 Å². The molecular weight excluding hydrogens is 292 g/mol. The van der Waals surface area contributed by atoms with E-state index >= 15 is 0 Å². The van der Waals surface area contributed by atoms with Crippen LogP contribution in [-0.4, -0.2) is 47.9 Å². The molecule has 0 saturated carbocycles. The number of aliphatic hydroxyl groups excluding tert-OH is 1. The zero-order valence-electron chi connectivity index (χ0n) is 13.8. The lowest BCUT2D eigenvalue weighted by molar-refractivity contribution is -0.00437. The number of nitrogens with zero attached hydrogens (tertiary/aromatic N) is 1. The van der Waals surface area contributed by atoms with Crippen molar-refractivity contribution in [1.29, 1.82) is 0 Å². The van der Waals surface area contributed by atoms with Crippen LogP contribution in [0.2, 0.25) is 0 Å². The van der Waals surface area contributed by atoms with E-state index < -0.39 is 6.10 Å². The number of urea groups is 1. The first kappa shape index (κ1) is 16.3. The fourth-order valence-corrected chi connectivity index (χ4v) is 3.53. The van der Waals surface area contributed by atoms with Gasteiger partial charge in [-0.15, -0.1) is 0 Å². The highest BCUT2D eigenvalue weighted by Crippen LogP contribution is 2.22. The Hall–Kier alpha value is -1.59. The average molecular weight is 318 g/mol. The summed E-state index contributed by atoms with van der Waals surface area (Å²) in [4.78, 5) is 14.3. The van der Waals surface area contributed by atoms with Gasteiger partial charge in [0.2, 0.25) is 0 Å². The largest absolute Gasteiger partial charge is 0.393 e. The number of rotatable bonds is 4. The van der Waals surface area contributed by atoms with Crippen LogP contribution < -0.4 is 5.32 Å². The molecular formula is C18H26N2O3. The lowest BCUT2D eigenvalue weighted by Gasteiger charge is -2.36. The first-order valence-corrected chi connectivity index (χ1v) is 8.54. The number of hydrogen-bond donors (Lipinski definition) is 2. The van der Waals surface area contributed by atoms with Crippen molar-refractivity contribution in [3.8, 4) is 0 Å². The van der Waals surface area contributed by atoms with Crippen molar-refractivity contribution in [3.63, 3.8) is 0 Å². The number of morpholine rings is 1. The maximum absolute atomic E-state index is 12.5. The van der Waals surface area contributed by atoms with Crippen LogP contribution in [0.5, 0.6) is 0 Å². The summed E-state index contributed by atoms with van der Waals surface area (Å²) in [5.74, 6) is 0. The molecule has 0 unspecified atom stereocenters. The van der Waals surface area contributed by atoms with Gasteiger partial charge in [0.05, 0.1) is 25.4 Å². The van der Waals surface area contributed by atoms with Crippen LogP contribution in [0.4, 0.5) is 4.79 Å². The molecule has 2 N–H and O–H groups in total. The van der Waals surface area contributed by atoms with E-state index in [4.69, 9.17) is 4.74 Å². The first-order valence-electron chi connectivity index (χ1n) is 8.54. The number of aryl methyl sites for hydroxylation is 2. The van der Waals surface area contributed by atoms with Gasteiger partial charge in [0, 0.05) is 13.1 Å². The molecule has 23 heavy (non-hydrogen) atoms. The molecule has 1 fully saturated rings. The van der Waals surface area contributed by atoms with E-state index in [1.165, 1.54) is 24.0 Å². The molecule has 5 nitrogen and oxygen atoms in total. The van der Waals surface area contributed by atoms with Gasteiger partial charge < -0.3 is 20.1 Å². The highest BCUT2D eigenvalue weighted by molar-refractivity contribution is 5.74.